The summed E-state index contributed by atoms with van der Waals surface area (Å²) in [5.41, 5.74) is 0. The minimum atomic E-state index is 1.01. The predicted molar refractivity (Wildman–Crippen MR) is 38.0 cm³/mol. The largest absolute Gasteiger partial charge is 0.388 e. The van der Waals surface area contributed by atoms with Gasteiger partial charge in [-0.25, -0.2) is 0 Å². The van der Waals surface area contributed by atoms with E-state index in [9.17, 15) is 0 Å². The quantitative estimate of drug-likeness (QED) is 0.400. The molecule has 0 saturated heterocycles. The van der Waals surface area contributed by atoms with Gasteiger partial charge in [0, 0.05) is 38.6 Å². The van der Waals surface area contributed by atoms with E-state index in [0.717, 1.165) is 26.2 Å². The molecule has 0 aromatic heterocycles. The van der Waals surface area contributed by atoms with Crippen molar-refractivity contribution < 1.29 is 0 Å². The van der Waals surface area contributed by atoms with Gasteiger partial charge in [0.15, 0.2) is 0 Å². The summed E-state index contributed by atoms with van der Waals surface area (Å²) in [7, 11) is 0. The van der Waals surface area contributed by atoms with Crippen LogP contribution in [-0.4, -0.2) is 26.2 Å². The number of hydrogen-bond donors (Lipinski definition) is 3. The first-order chi connectivity index (χ1) is 4.50. The van der Waals surface area contributed by atoms with Crippen molar-refractivity contribution in [3.05, 3.63) is 12.4 Å². The van der Waals surface area contributed by atoms with Crippen LogP contribution < -0.4 is 16.0 Å². The molecule has 3 heteroatoms. The maximum Gasteiger partial charge on any atom is 0.0267 e. The summed E-state index contributed by atoms with van der Waals surface area (Å²) in [6.07, 6.45) is 3.88. The molecule has 0 aromatic carbocycles. The van der Waals surface area contributed by atoms with Gasteiger partial charge in [0.1, 0.15) is 0 Å². The smallest absolute Gasteiger partial charge is 0.0267 e. The Labute approximate surface area is 55.5 Å². The highest BCUT2D eigenvalue weighted by Gasteiger charge is 1.86. The highest BCUT2D eigenvalue weighted by molar-refractivity contribution is 4.78. The Kier molecular flexibility index (Phi) is 3.00. The lowest BCUT2D eigenvalue weighted by Gasteiger charge is -2.00. The Bertz CT molecular complexity index is 80.3. The zero-order chi connectivity index (χ0) is 6.36. The lowest BCUT2D eigenvalue weighted by molar-refractivity contribution is 0.658. The van der Waals surface area contributed by atoms with E-state index in [1.807, 2.05) is 12.4 Å². The summed E-state index contributed by atoms with van der Waals surface area (Å²) in [5.74, 6) is 0. The van der Waals surface area contributed by atoms with Crippen molar-refractivity contribution >= 4 is 0 Å². The molecule has 0 amide bonds. The third-order valence-corrected chi connectivity index (χ3v) is 1.21. The van der Waals surface area contributed by atoms with Crippen molar-refractivity contribution in [2.24, 2.45) is 0 Å². The van der Waals surface area contributed by atoms with E-state index < -0.39 is 0 Å². The van der Waals surface area contributed by atoms with Crippen molar-refractivity contribution in [3.8, 4) is 0 Å². The minimum absolute atomic E-state index is 1.01. The van der Waals surface area contributed by atoms with E-state index in [1.54, 1.807) is 0 Å². The van der Waals surface area contributed by atoms with E-state index in [4.69, 9.17) is 0 Å². The molecule has 0 saturated carbocycles. The van der Waals surface area contributed by atoms with Gasteiger partial charge >= 0.3 is 0 Å². The zero-order valence-corrected chi connectivity index (χ0v) is 5.48. The fourth-order valence-corrected chi connectivity index (χ4v) is 0.731. The second-order valence-electron chi connectivity index (χ2n) is 1.99. The van der Waals surface area contributed by atoms with E-state index in [2.05, 4.69) is 16.0 Å². The highest BCUT2D eigenvalue weighted by Crippen LogP contribution is 1.67. The topological polar surface area (TPSA) is 36.1 Å². The lowest BCUT2D eigenvalue weighted by atomic mass is 10.5. The van der Waals surface area contributed by atoms with Gasteiger partial charge in [-0.15, -0.1) is 0 Å². The molecule has 9 heavy (non-hydrogen) atoms. The molecule has 0 aromatic rings. The van der Waals surface area contributed by atoms with Crippen LogP contribution in [-0.2, 0) is 0 Å². The molecule has 0 atom stereocenters. The van der Waals surface area contributed by atoms with Crippen molar-refractivity contribution in [2.45, 2.75) is 0 Å². The fraction of sp³-hybridized carbons (Fsp3) is 0.667. The van der Waals surface area contributed by atoms with Crippen LogP contribution in [0.3, 0.4) is 0 Å². The summed E-state index contributed by atoms with van der Waals surface area (Å²) in [6.45, 7) is 4.12. The lowest BCUT2D eigenvalue weighted by Crippen LogP contribution is -2.27. The predicted octanol–water partition coefficient (Wildman–Crippen LogP) is -0.760. The Balaban J connectivity index is 2.15. The maximum absolute atomic E-state index is 3.26. The molecule has 3 N–H and O–H groups in total. The molecule has 1 aliphatic rings. The first-order valence-corrected chi connectivity index (χ1v) is 3.32. The molecule has 0 aliphatic carbocycles. The molecule has 0 fully saturated rings. The SMILES string of the molecule is C1=CNCCNCCN1. The second kappa shape index (κ2) is 4.21. The molecule has 1 heterocycles. The van der Waals surface area contributed by atoms with Crippen LogP contribution in [0.4, 0.5) is 0 Å². The van der Waals surface area contributed by atoms with Crippen molar-refractivity contribution in [3.63, 3.8) is 0 Å². The van der Waals surface area contributed by atoms with Crippen molar-refractivity contribution in [2.75, 3.05) is 26.2 Å². The third kappa shape index (κ3) is 2.98. The molecule has 0 unspecified atom stereocenters. The zero-order valence-electron chi connectivity index (χ0n) is 5.48. The van der Waals surface area contributed by atoms with E-state index in [1.165, 1.54) is 0 Å². The number of nitrogens with one attached hydrogen (secondary N) is 3. The first-order valence-electron chi connectivity index (χ1n) is 3.32. The molecule has 0 radical (unpaired) electrons. The highest BCUT2D eigenvalue weighted by atomic mass is 15.0. The Morgan fingerprint density at radius 2 is 1.33 bits per heavy atom. The van der Waals surface area contributed by atoms with Crippen LogP contribution in [0, 0.1) is 0 Å². The van der Waals surface area contributed by atoms with Gasteiger partial charge in [-0.2, -0.15) is 0 Å². The van der Waals surface area contributed by atoms with Crippen LogP contribution in [0.1, 0.15) is 0 Å². The van der Waals surface area contributed by atoms with Gasteiger partial charge in [-0.05, 0) is 0 Å². The Morgan fingerprint density at radius 3 is 1.89 bits per heavy atom. The van der Waals surface area contributed by atoms with Crippen LogP contribution in [0.25, 0.3) is 0 Å². The monoisotopic (exact) mass is 127 g/mol. The normalized spacial score (nSPS) is 20.4. The molecule has 1 aliphatic heterocycles. The van der Waals surface area contributed by atoms with E-state index in [-0.39, 0.29) is 0 Å². The fourth-order valence-electron chi connectivity index (χ4n) is 0.731. The van der Waals surface area contributed by atoms with Gasteiger partial charge in [-0.1, -0.05) is 0 Å². The van der Waals surface area contributed by atoms with Crippen LogP contribution >= 0.6 is 0 Å². The average molecular weight is 127 g/mol. The standard InChI is InChI=1S/C6H13N3/c1-2-8-5-6-9-4-3-7-1/h1-2,7-9H,3-6H2. The summed E-state index contributed by atoms with van der Waals surface area (Å²) >= 11 is 0. The van der Waals surface area contributed by atoms with Crippen LogP contribution in [0.2, 0.25) is 0 Å². The molecule has 0 spiro atoms. The first kappa shape index (κ1) is 6.42. The molecular formula is C6H13N3. The van der Waals surface area contributed by atoms with Gasteiger partial charge in [0.05, 0.1) is 0 Å². The minimum Gasteiger partial charge on any atom is -0.388 e. The van der Waals surface area contributed by atoms with E-state index in [0.29, 0.717) is 0 Å². The number of rotatable bonds is 0. The van der Waals surface area contributed by atoms with E-state index >= 15 is 0 Å². The summed E-state index contributed by atoms with van der Waals surface area (Å²) in [6, 6.07) is 0. The summed E-state index contributed by atoms with van der Waals surface area (Å²) < 4.78 is 0. The van der Waals surface area contributed by atoms with Gasteiger partial charge in [0.25, 0.3) is 0 Å². The Hall–Kier alpha value is -0.700. The maximum atomic E-state index is 3.26. The summed E-state index contributed by atoms with van der Waals surface area (Å²) in [5, 5.41) is 9.51. The number of hydrogen-bond acceptors (Lipinski definition) is 3. The Morgan fingerprint density at radius 1 is 0.778 bits per heavy atom. The van der Waals surface area contributed by atoms with Gasteiger partial charge < -0.3 is 16.0 Å². The van der Waals surface area contributed by atoms with Crippen molar-refractivity contribution in [1.82, 2.24) is 16.0 Å². The van der Waals surface area contributed by atoms with Gasteiger partial charge in [-0.3, -0.25) is 0 Å². The van der Waals surface area contributed by atoms with Crippen molar-refractivity contribution in [1.29, 1.82) is 0 Å². The second-order valence-corrected chi connectivity index (χ2v) is 1.99. The van der Waals surface area contributed by atoms with Gasteiger partial charge in [0.2, 0.25) is 0 Å². The average Bonchev–Trinajstić information content (AvgIpc) is 2.00. The van der Waals surface area contributed by atoms with Crippen LogP contribution in [0.5, 0.6) is 0 Å². The van der Waals surface area contributed by atoms with Crippen LogP contribution in [0.15, 0.2) is 12.4 Å². The molecule has 0 bridgehead atoms. The summed E-state index contributed by atoms with van der Waals surface area (Å²) in [4.78, 5) is 0. The molecule has 1 rings (SSSR count). The molecule has 3 nitrogen and oxygen atoms in total. The third-order valence-electron chi connectivity index (χ3n) is 1.21. The molecular weight excluding hydrogens is 114 g/mol. The molecule has 52 valence electrons.